The third kappa shape index (κ3) is 4.54. The smallest absolute Gasteiger partial charge is 0.255 e. The van der Waals surface area contributed by atoms with Crippen LogP contribution in [0, 0.1) is 23.1 Å². The Morgan fingerprint density at radius 3 is 2.71 bits per heavy atom. The molecule has 2 fully saturated rings. The highest BCUT2D eigenvalue weighted by Gasteiger charge is 2.45. The fraction of sp³-hybridized carbons (Fsp3) is 0.448. The molecular formula is C29H32FN5O3. The second kappa shape index (κ2) is 9.52. The summed E-state index contributed by atoms with van der Waals surface area (Å²) in [5, 5.41) is 15.3. The number of nitrogens with one attached hydrogen (secondary N) is 2. The highest BCUT2D eigenvalue weighted by Crippen LogP contribution is 2.48. The molecule has 2 heterocycles. The molecule has 0 spiro atoms. The molecule has 3 unspecified atom stereocenters. The molecule has 2 aliphatic heterocycles. The predicted octanol–water partition coefficient (Wildman–Crippen LogP) is 3.80. The number of halogens is 1. The SMILES string of the molecule is CCC(C)CC(N)(Nc1cccc(C2(C#N)CC2)c1)c1cc2c(cc1F)C(=O)N(C1CCC(=O)NC1=O)C2. The van der Waals surface area contributed by atoms with Gasteiger partial charge in [0.15, 0.2) is 0 Å². The first-order valence-electron chi connectivity index (χ1n) is 13.2. The number of hydrogen-bond acceptors (Lipinski definition) is 6. The number of nitrogens with two attached hydrogens (primary N) is 1. The number of piperidine rings is 1. The molecule has 3 atom stereocenters. The van der Waals surface area contributed by atoms with E-state index in [0.717, 1.165) is 24.8 Å². The van der Waals surface area contributed by atoms with E-state index in [0.29, 0.717) is 17.7 Å². The minimum Gasteiger partial charge on any atom is -0.364 e. The van der Waals surface area contributed by atoms with E-state index in [-0.39, 0.29) is 42.3 Å². The van der Waals surface area contributed by atoms with Crippen molar-refractivity contribution in [3.8, 4) is 6.07 Å². The van der Waals surface area contributed by atoms with Crippen LogP contribution in [-0.4, -0.2) is 28.7 Å². The number of nitriles is 1. The van der Waals surface area contributed by atoms with Crippen molar-refractivity contribution in [1.82, 2.24) is 10.2 Å². The van der Waals surface area contributed by atoms with Crippen molar-refractivity contribution < 1.29 is 18.8 Å². The van der Waals surface area contributed by atoms with Crippen molar-refractivity contribution in [3.63, 3.8) is 0 Å². The van der Waals surface area contributed by atoms with Crippen molar-refractivity contribution in [1.29, 1.82) is 5.26 Å². The number of imide groups is 1. The first-order valence-corrected chi connectivity index (χ1v) is 13.2. The summed E-state index contributed by atoms with van der Waals surface area (Å²) in [6, 6.07) is 12.0. The zero-order valence-electron chi connectivity index (χ0n) is 21.6. The Bertz CT molecular complexity index is 1360. The van der Waals surface area contributed by atoms with Crippen LogP contribution in [0.5, 0.6) is 0 Å². The molecule has 2 aromatic rings. The third-order valence-electron chi connectivity index (χ3n) is 8.21. The molecule has 3 amide bonds. The molecule has 38 heavy (non-hydrogen) atoms. The monoisotopic (exact) mass is 517 g/mol. The second-order valence-electron chi connectivity index (χ2n) is 11.0. The van der Waals surface area contributed by atoms with E-state index in [2.05, 4.69) is 16.7 Å². The quantitative estimate of drug-likeness (QED) is 0.361. The maximum atomic E-state index is 15.7. The number of hydrogen-bond donors (Lipinski definition) is 3. The van der Waals surface area contributed by atoms with Crippen LogP contribution in [0.1, 0.15) is 79.4 Å². The van der Waals surface area contributed by atoms with Crippen LogP contribution < -0.4 is 16.4 Å². The Kier molecular flexibility index (Phi) is 6.48. The zero-order valence-corrected chi connectivity index (χ0v) is 21.6. The highest BCUT2D eigenvalue weighted by molar-refractivity contribution is 6.05. The van der Waals surface area contributed by atoms with Gasteiger partial charge in [0.2, 0.25) is 11.8 Å². The standard InChI is InChI=1S/C29H32FN5O3/c1-3-17(2)14-29(32,34-20-6-4-5-19(12-20)28(16-31)9-10-28)22-11-18-15-35(27(38)21(18)13-23(22)30)24-7-8-25(36)33-26(24)37/h4-6,11-13,17,24,34H,3,7-10,14-15,32H2,1-2H3,(H,33,36,37). The van der Waals surface area contributed by atoms with E-state index in [9.17, 15) is 19.6 Å². The maximum absolute atomic E-state index is 15.7. The molecule has 198 valence electrons. The Morgan fingerprint density at radius 2 is 2.05 bits per heavy atom. The van der Waals surface area contributed by atoms with Gasteiger partial charge in [-0.1, -0.05) is 32.4 Å². The summed E-state index contributed by atoms with van der Waals surface area (Å²) in [5.74, 6) is -1.75. The molecule has 5 rings (SSSR count). The van der Waals surface area contributed by atoms with Crippen LogP contribution in [0.15, 0.2) is 36.4 Å². The normalized spacial score (nSPS) is 22.2. The predicted molar refractivity (Wildman–Crippen MR) is 139 cm³/mol. The van der Waals surface area contributed by atoms with E-state index < -0.39 is 34.8 Å². The van der Waals surface area contributed by atoms with Gasteiger partial charge in [-0.15, -0.1) is 0 Å². The molecule has 8 nitrogen and oxygen atoms in total. The van der Waals surface area contributed by atoms with Crippen molar-refractivity contribution in [2.45, 2.75) is 76.0 Å². The average molecular weight is 518 g/mol. The molecule has 3 aliphatic rings. The van der Waals surface area contributed by atoms with Crippen LogP contribution in [0.25, 0.3) is 0 Å². The Hall–Kier alpha value is -3.77. The Labute approximate surface area is 221 Å². The molecule has 0 bridgehead atoms. The molecule has 1 aliphatic carbocycles. The topological polar surface area (TPSA) is 128 Å². The van der Waals surface area contributed by atoms with Gasteiger partial charge < -0.3 is 16.0 Å². The van der Waals surface area contributed by atoms with Gasteiger partial charge >= 0.3 is 0 Å². The number of rotatable bonds is 8. The fourth-order valence-corrected chi connectivity index (χ4v) is 5.60. The fourth-order valence-electron chi connectivity index (χ4n) is 5.60. The van der Waals surface area contributed by atoms with E-state index in [4.69, 9.17) is 5.73 Å². The van der Waals surface area contributed by atoms with Crippen LogP contribution in [-0.2, 0) is 27.2 Å². The van der Waals surface area contributed by atoms with E-state index >= 15 is 4.39 Å². The Morgan fingerprint density at radius 1 is 1.29 bits per heavy atom. The lowest BCUT2D eigenvalue weighted by Gasteiger charge is -2.35. The van der Waals surface area contributed by atoms with Gasteiger partial charge in [-0.05, 0) is 67.0 Å². The van der Waals surface area contributed by atoms with Crippen molar-refractivity contribution in [2.24, 2.45) is 11.7 Å². The van der Waals surface area contributed by atoms with Crippen LogP contribution in [0.2, 0.25) is 0 Å². The molecular weight excluding hydrogens is 485 g/mol. The number of anilines is 1. The van der Waals surface area contributed by atoms with E-state index in [1.165, 1.54) is 11.0 Å². The second-order valence-corrected chi connectivity index (χ2v) is 11.0. The summed E-state index contributed by atoms with van der Waals surface area (Å²) in [4.78, 5) is 38.5. The largest absolute Gasteiger partial charge is 0.364 e. The number of fused-ring (bicyclic) bond motifs is 1. The molecule has 4 N–H and O–H groups in total. The lowest BCUT2D eigenvalue weighted by molar-refractivity contribution is -0.136. The molecule has 1 saturated carbocycles. The number of carbonyl (C=O) groups is 3. The number of carbonyl (C=O) groups excluding carboxylic acids is 3. The molecule has 0 radical (unpaired) electrons. The first kappa shape index (κ1) is 25.9. The van der Waals surface area contributed by atoms with Crippen molar-refractivity contribution in [3.05, 3.63) is 64.5 Å². The molecule has 9 heteroatoms. The van der Waals surface area contributed by atoms with E-state index in [1.807, 2.05) is 38.1 Å². The Balaban J connectivity index is 1.48. The molecule has 2 aromatic carbocycles. The minimum absolute atomic E-state index is 0.132. The minimum atomic E-state index is -1.29. The number of nitrogens with zero attached hydrogens (tertiary/aromatic N) is 2. The van der Waals surface area contributed by atoms with E-state index in [1.54, 1.807) is 6.07 Å². The summed E-state index contributed by atoms with van der Waals surface area (Å²) >= 11 is 0. The summed E-state index contributed by atoms with van der Waals surface area (Å²) in [6.07, 6.45) is 3.27. The van der Waals surface area contributed by atoms with Gasteiger partial charge in [0.1, 0.15) is 17.5 Å². The van der Waals surface area contributed by atoms with Gasteiger partial charge in [0.25, 0.3) is 5.91 Å². The van der Waals surface area contributed by atoms with Gasteiger partial charge in [-0.2, -0.15) is 5.26 Å². The number of amides is 3. The third-order valence-corrected chi connectivity index (χ3v) is 8.21. The van der Waals surface area contributed by atoms with Crippen molar-refractivity contribution in [2.75, 3.05) is 5.32 Å². The van der Waals surface area contributed by atoms with Gasteiger partial charge in [0, 0.05) is 29.8 Å². The van der Waals surface area contributed by atoms with Crippen LogP contribution in [0.3, 0.4) is 0 Å². The maximum Gasteiger partial charge on any atom is 0.255 e. The van der Waals surface area contributed by atoms with Gasteiger partial charge in [-0.25, -0.2) is 4.39 Å². The number of benzene rings is 2. The summed E-state index contributed by atoms with van der Waals surface area (Å²) in [5.41, 5.74) is 7.84. The average Bonchev–Trinajstić information content (AvgIpc) is 3.63. The lowest BCUT2D eigenvalue weighted by Crippen LogP contribution is -2.52. The highest BCUT2D eigenvalue weighted by atomic mass is 19.1. The van der Waals surface area contributed by atoms with Gasteiger partial charge in [-0.3, -0.25) is 19.7 Å². The summed E-state index contributed by atoms with van der Waals surface area (Å²) in [6.45, 7) is 4.23. The zero-order chi connectivity index (χ0) is 27.2. The first-order chi connectivity index (χ1) is 18.1. The van der Waals surface area contributed by atoms with Crippen LogP contribution >= 0.6 is 0 Å². The van der Waals surface area contributed by atoms with Crippen LogP contribution in [0.4, 0.5) is 10.1 Å². The summed E-state index contributed by atoms with van der Waals surface area (Å²) in [7, 11) is 0. The molecule has 1 saturated heterocycles. The van der Waals surface area contributed by atoms with Crippen molar-refractivity contribution >= 4 is 23.4 Å². The van der Waals surface area contributed by atoms with Gasteiger partial charge in [0.05, 0.1) is 11.5 Å². The molecule has 0 aromatic heterocycles. The summed E-state index contributed by atoms with van der Waals surface area (Å²) < 4.78 is 15.7. The lowest BCUT2D eigenvalue weighted by atomic mass is 9.86.